The summed E-state index contributed by atoms with van der Waals surface area (Å²) in [7, 11) is 0. The fourth-order valence-electron chi connectivity index (χ4n) is 4.39. The third kappa shape index (κ3) is 2.68. The van der Waals surface area contributed by atoms with Crippen LogP contribution in [0, 0.1) is 5.41 Å². The molecule has 0 fully saturated rings. The molecule has 3 N–H and O–H groups in total. The molecular formula is C21H21ClN2O5. The number of rotatable bonds is 2. The van der Waals surface area contributed by atoms with E-state index in [1.807, 2.05) is 13.8 Å². The minimum Gasteiger partial charge on any atom is -0.460 e. The molecule has 2 aliphatic heterocycles. The molecule has 0 aromatic heterocycles. The molecule has 0 saturated carbocycles. The molecule has 1 aromatic carbocycles. The Balaban J connectivity index is 2.05. The van der Waals surface area contributed by atoms with Gasteiger partial charge in [0, 0.05) is 29.1 Å². The number of halogens is 1. The normalized spacial score (nSPS) is 24.8. The van der Waals surface area contributed by atoms with E-state index in [0.717, 1.165) is 0 Å². The number of nitrogens with two attached hydrogens (primary N) is 1. The first-order valence-electron chi connectivity index (χ1n) is 9.35. The van der Waals surface area contributed by atoms with Crippen LogP contribution in [-0.4, -0.2) is 24.3 Å². The molecule has 152 valence electrons. The van der Waals surface area contributed by atoms with E-state index in [2.05, 4.69) is 5.32 Å². The zero-order chi connectivity index (χ0) is 21.1. The Kier molecular flexibility index (Phi) is 4.27. The first-order valence-corrected chi connectivity index (χ1v) is 9.73. The predicted octanol–water partition coefficient (Wildman–Crippen LogP) is 2.94. The van der Waals surface area contributed by atoms with Crippen molar-refractivity contribution in [3.05, 3.63) is 51.6 Å². The highest BCUT2D eigenvalue weighted by Crippen LogP contribution is 2.55. The zero-order valence-corrected chi connectivity index (χ0v) is 17.1. The largest absolute Gasteiger partial charge is 0.460 e. The average molecular weight is 417 g/mol. The Bertz CT molecular complexity index is 1040. The lowest BCUT2D eigenvalue weighted by Crippen LogP contribution is -2.50. The Hall–Kier alpha value is -2.80. The highest BCUT2D eigenvalue weighted by molar-refractivity contribution is 6.31. The SMILES string of the molecule is CCOC(=O)C1=C(N)C2(C(=O)Nc3ccc(Cl)cc32)C2=C(CC(C)(C)CC2=O)O1. The van der Waals surface area contributed by atoms with Gasteiger partial charge in [-0.05, 0) is 30.5 Å². The quantitative estimate of drug-likeness (QED) is 0.717. The number of fused-ring (bicyclic) bond motifs is 3. The number of benzene rings is 1. The third-order valence-corrected chi connectivity index (χ3v) is 5.76. The summed E-state index contributed by atoms with van der Waals surface area (Å²) in [6.07, 6.45) is 0.595. The maximum Gasteiger partial charge on any atom is 0.376 e. The van der Waals surface area contributed by atoms with E-state index >= 15 is 0 Å². The monoisotopic (exact) mass is 416 g/mol. The van der Waals surface area contributed by atoms with Crippen molar-refractivity contribution in [2.75, 3.05) is 11.9 Å². The van der Waals surface area contributed by atoms with Crippen LogP contribution >= 0.6 is 11.6 Å². The number of hydrogen-bond donors (Lipinski definition) is 2. The average Bonchev–Trinajstić information content (AvgIpc) is 2.89. The second-order valence-corrected chi connectivity index (χ2v) is 8.63. The van der Waals surface area contributed by atoms with Gasteiger partial charge in [0.05, 0.1) is 17.9 Å². The fraction of sp³-hybridized carbons (Fsp3) is 0.381. The van der Waals surface area contributed by atoms with Crippen LogP contribution in [0.2, 0.25) is 5.02 Å². The standard InChI is InChI=1S/C21H21ClN2O5/c1-4-28-18(26)16-17(23)21(11-7-10(22)5-6-12(11)24-19(21)27)15-13(25)8-20(2,3)9-14(15)29-16/h5-7H,4,8-9,23H2,1-3H3,(H,24,27). The number of carbonyl (C=O) groups excluding carboxylic acids is 3. The number of allylic oxidation sites excluding steroid dienone is 1. The molecular weight excluding hydrogens is 396 g/mol. The zero-order valence-electron chi connectivity index (χ0n) is 16.3. The van der Waals surface area contributed by atoms with Gasteiger partial charge < -0.3 is 20.5 Å². The van der Waals surface area contributed by atoms with E-state index in [9.17, 15) is 14.4 Å². The number of Topliss-reactive ketones (excluding diaryl/α,β-unsaturated/α-hetero) is 1. The summed E-state index contributed by atoms with van der Waals surface area (Å²) in [5.41, 5.74) is 5.25. The first-order chi connectivity index (χ1) is 13.6. The first kappa shape index (κ1) is 19.5. The van der Waals surface area contributed by atoms with Crippen LogP contribution in [0.25, 0.3) is 0 Å². The van der Waals surface area contributed by atoms with Crippen LogP contribution in [0.1, 0.15) is 39.2 Å². The van der Waals surface area contributed by atoms with Crippen molar-refractivity contribution in [2.45, 2.75) is 39.0 Å². The second-order valence-electron chi connectivity index (χ2n) is 8.20. The highest BCUT2D eigenvalue weighted by atomic mass is 35.5. The van der Waals surface area contributed by atoms with Crippen molar-refractivity contribution in [1.29, 1.82) is 0 Å². The molecule has 0 bridgehead atoms. The van der Waals surface area contributed by atoms with Crippen LogP contribution in [0.4, 0.5) is 5.69 Å². The lowest BCUT2D eigenvalue weighted by atomic mass is 9.63. The number of amides is 1. The van der Waals surface area contributed by atoms with E-state index < -0.39 is 22.7 Å². The van der Waals surface area contributed by atoms with Crippen LogP contribution < -0.4 is 11.1 Å². The summed E-state index contributed by atoms with van der Waals surface area (Å²) in [6, 6.07) is 4.87. The van der Waals surface area contributed by atoms with Gasteiger partial charge in [0.1, 0.15) is 5.76 Å². The third-order valence-electron chi connectivity index (χ3n) is 5.52. The van der Waals surface area contributed by atoms with Crippen LogP contribution in [0.3, 0.4) is 0 Å². The number of hydrogen-bond acceptors (Lipinski definition) is 6. The van der Waals surface area contributed by atoms with E-state index in [1.165, 1.54) is 0 Å². The Morgan fingerprint density at radius 1 is 1.31 bits per heavy atom. The van der Waals surface area contributed by atoms with Crippen LogP contribution in [-0.2, 0) is 29.3 Å². The molecule has 1 aromatic rings. The maximum absolute atomic E-state index is 13.4. The molecule has 8 heteroatoms. The maximum atomic E-state index is 13.4. The number of nitrogens with one attached hydrogen (secondary N) is 1. The number of esters is 1. The summed E-state index contributed by atoms with van der Waals surface area (Å²) in [5, 5.41) is 3.15. The van der Waals surface area contributed by atoms with Gasteiger partial charge in [0.15, 0.2) is 11.2 Å². The molecule has 4 rings (SSSR count). The Morgan fingerprint density at radius 3 is 2.72 bits per heavy atom. The molecule has 0 saturated heterocycles. The molecule has 3 aliphatic rings. The van der Waals surface area contributed by atoms with E-state index in [4.69, 9.17) is 26.8 Å². The van der Waals surface area contributed by atoms with Crippen molar-refractivity contribution in [3.63, 3.8) is 0 Å². The second kappa shape index (κ2) is 6.35. The molecule has 0 radical (unpaired) electrons. The summed E-state index contributed by atoms with van der Waals surface area (Å²) in [5.74, 6) is -1.54. The lowest BCUT2D eigenvalue weighted by Gasteiger charge is -2.41. The van der Waals surface area contributed by atoms with Gasteiger partial charge in [-0.3, -0.25) is 9.59 Å². The number of anilines is 1. The van der Waals surface area contributed by atoms with Gasteiger partial charge in [0.2, 0.25) is 11.7 Å². The van der Waals surface area contributed by atoms with Gasteiger partial charge >= 0.3 is 5.97 Å². The summed E-state index contributed by atoms with van der Waals surface area (Å²) < 4.78 is 10.9. The predicted molar refractivity (Wildman–Crippen MR) is 106 cm³/mol. The van der Waals surface area contributed by atoms with E-state index in [1.54, 1.807) is 25.1 Å². The number of carbonyl (C=O) groups is 3. The Labute approximate surface area is 172 Å². The minimum absolute atomic E-state index is 0.108. The molecule has 1 unspecified atom stereocenters. The van der Waals surface area contributed by atoms with Crippen molar-refractivity contribution in [2.24, 2.45) is 11.1 Å². The van der Waals surface area contributed by atoms with Gasteiger partial charge in [-0.2, -0.15) is 0 Å². The van der Waals surface area contributed by atoms with Crippen molar-refractivity contribution < 1.29 is 23.9 Å². The van der Waals surface area contributed by atoms with Gasteiger partial charge in [-0.1, -0.05) is 25.4 Å². The summed E-state index contributed by atoms with van der Waals surface area (Å²) in [4.78, 5) is 39.2. The van der Waals surface area contributed by atoms with Crippen molar-refractivity contribution in [3.8, 4) is 0 Å². The van der Waals surface area contributed by atoms with Gasteiger partial charge in [0.25, 0.3) is 0 Å². The molecule has 1 aliphatic carbocycles. The van der Waals surface area contributed by atoms with Crippen LogP contribution in [0.5, 0.6) is 0 Å². The topological polar surface area (TPSA) is 108 Å². The fourth-order valence-corrected chi connectivity index (χ4v) is 4.56. The summed E-state index contributed by atoms with van der Waals surface area (Å²) in [6.45, 7) is 5.62. The van der Waals surface area contributed by atoms with E-state index in [0.29, 0.717) is 22.7 Å². The molecule has 1 amide bonds. The summed E-state index contributed by atoms with van der Waals surface area (Å²) >= 11 is 6.21. The number of ether oxygens (including phenoxy) is 2. The number of ketones is 1. The van der Waals surface area contributed by atoms with Crippen molar-refractivity contribution in [1.82, 2.24) is 0 Å². The minimum atomic E-state index is -1.68. The molecule has 1 atom stereocenters. The van der Waals surface area contributed by atoms with Gasteiger partial charge in [-0.25, -0.2) is 4.79 Å². The lowest BCUT2D eigenvalue weighted by molar-refractivity contribution is -0.143. The van der Waals surface area contributed by atoms with E-state index in [-0.39, 0.29) is 41.6 Å². The molecule has 7 nitrogen and oxygen atoms in total. The molecule has 1 spiro atoms. The smallest absolute Gasteiger partial charge is 0.376 e. The van der Waals surface area contributed by atoms with Gasteiger partial charge in [-0.15, -0.1) is 0 Å². The molecule has 2 heterocycles. The Morgan fingerprint density at radius 2 is 2.03 bits per heavy atom. The van der Waals surface area contributed by atoms with Crippen LogP contribution in [0.15, 0.2) is 41.0 Å². The molecule has 29 heavy (non-hydrogen) atoms. The highest BCUT2D eigenvalue weighted by Gasteiger charge is 2.61. The van der Waals surface area contributed by atoms with Crippen molar-refractivity contribution >= 4 is 34.9 Å².